The molecule has 5 heteroatoms. The summed E-state index contributed by atoms with van der Waals surface area (Å²) in [5, 5.41) is 8.61. The first-order chi connectivity index (χ1) is 4.24. The Kier molecular flexibility index (Phi) is 2.26. The van der Waals surface area contributed by atoms with E-state index in [-0.39, 0.29) is 6.61 Å². The summed E-state index contributed by atoms with van der Waals surface area (Å²) in [6, 6.07) is 0. The number of aliphatic hydroxyl groups is 1. The molecule has 9 heavy (non-hydrogen) atoms. The maximum absolute atomic E-state index is 8.61. The summed E-state index contributed by atoms with van der Waals surface area (Å²) in [7, 11) is 0. The molecule has 2 N–H and O–H groups in total. The van der Waals surface area contributed by atoms with E-state index in [1.54, 1.807) is 0 Å². The average molecular weight is 256 g/mol. The Morgan fingerprint density at radius 2 is 2.22 bits per heavy atom. The molecule has 0 aliphatic carbocycles. The van der Waals surface area contributed by atoms with Gasteiger partial charge in [0.2, 0.25) is 0 Å². The minimum absolute atomic E-state index is 0.0286. The normalized spacial score (nSPS) is 10.1. The zero-order chi connectivity index (χ0) is 6.85. The highest BCUT2D eigenvalue weighted by atomic mass is 79.9. The molecule has 1 aromatic heterocycles. The van der Waals surface area contributed by atoms with Crippen LogP contribution in [0.5, 0.6) is 0 Å². The quantitative estimate of drug-likeness (QED) is 0.798. The second kappa shape index (κ2) is 2.81. The van der Waals surface area contributed by atoms with Crippen molar-refractivity contribution in [3.8, 4) is 0 Å². The number of imidazole rings is 1. The van der Waals surface area contributed by atoms with E-state index >= 15 is 0 Å². The molecule has 0 unspecified atom stereocenters. The Bertz CT molecular complexity index is 210. The topological polar surface area (TPSA) is 48.9 Å². The summed E-state index contributed by atoms with van der Waals surface area (Å²) in [6.07, 6.45) is 0. The third-order valence-corrected chi connectivity index (χ3v) is 1.89. The predicted octanol–water partition coefficient (Wildman–Crippen LogP) is 1.43. The highest BCUT2D eigenvalue weighted by Gasteiger charge is 2.02. The molecule has 0 amide bonds. The first-order valence-electron chi connectivity index (χ1n) is 2.24. The molecule has 0 bridgehead atoms. The van der Waals surface area contributed by atoms with E-state index in [9.17, 15) is 0 Å². The van der Waals surface area contributed by atoms with E-state index < -0.39 is 0 Å². The lowest BCUT2D eigenvalue weighted by atomic mass is 10.5. The third kappa shape index (κ3) is 1.53. The van der Waals surface area contributed by atoms with Crippen molar-refractivity contribution in [3.63, 3.8) is 0 Å². The summed E-state index contributed by atoms with van der Waals surface area (Å²) in [5.74, 6) is 0. The van der Waals surface area contributed by atoms with Gasteiger partial charge in [-0.05, 0) is 31.9 Å². The van der Waals surface area contributed by atoms with Gasteiger partial charge in [-0.1, -0.05) is 0 Å². The molecule has 0 radical (unpaired) electrons. The number of nitrogens with zero attached hydrogens (tertiary/aromatic N) is 1. The van der Waals surface area contributed by atoms with Crippen LogP contribution in [0.25, 0.3) is 0 Å². The summed E-state index contributed by atoms with van der Waals surface area (Å²) < 4.78 is 1.27. The molecular weight excluding hydrogens is 252 g/mol. The fourth-order valence-corrected chi connectivity index (χ4v) is 1.52. The van der Waals surface area contributed by atoms with Gasteiger partial charge in [0.25, 0.3) is 0 Å². The molecule has 0 atom stereocenters. The molecule has 0 saturated carbocycles. The van der Waals surface area contributed by atoms with Gasteiger partial charge in [-0.15, -0.1) is 0 Å². The fourth-order valence-electron chi connectivity index (χ4n) is 0.462. The molecule has 1 heterocycles. The zero-order valence-corrected chi connectivity index (χ0v) is 7.53. The number of H-pyrrole nitrogens is 1. The van der Waals surface area contributed by atoms with Crippen molar-refractivity contribution in [2.24, 2.45) is 0 Å². The minimum atomic E-state index is -0.0286. The van der Waals surface area contributed by atoms with Gasteiger partial charge in [0.15, 0.2) is 4.73 Å². The molecule has 3 nitrogen and oxygen atoms in total. The fraction of sp³-hybridized carbons (Fsp3) is 0.250. The van der Waals surface area contributed by atoms with Crippen molar-refractivity contribution >= 4 is 31.9 Å². The number of nitrogens with one attached hydrogen (secondary N) is 1. The molecule has 0 saturated heterocycles. The van der Waals surface area contributed by atoms with Crippen molar-refractivity contribution in [3.05, 3.63) is 15.0 Å². The highest BCUT2D eigenvalue weighted by molar-refractivity contribution is 9.11. The molecular formula is C4H4Br2N2O. The molecule has 0 aliphatic rings. The lowest BCUT2D eigenvalue weighted by molar-refractivity contribution is 0.276. The van der Waals surface area contributed by atoms with Gasteiger partial charge in [-0.3, -0.25) is 0 Å². The molecule has 1 aromatic rings. The van der Waals surface area contributed by atoms with E-state index in [1.165, 1.54) is 0 Å². The minimum Gasteiger partial charge on any atom is -0.390 e. The number of rotatable bonds is 1. The van der Waals surface area contributed by atoms with Gasteiger partial charge in [0.05, 0.1) is 12.3 Å². The van der Waals surface area contributed by atoms with Crippen LogP contribution in [0.2, 0.25) is 0 Å². The van der Waals surface area contributed by atoms with Gasteiger partial charge in [-0.2, -0.15) is 0 Å². The zero-order valence-electron chi connectivity index (χ0n) is 4.36. The Morgan fingerprint density at radius 3 is 2.44 bits per heavy atom. The van der Waals surface area contributed by atoms with E-state index in [0.717, 1.165) is 0 Å². The Balaban J connectivity index is 3.01. The largest absolute Gasteiger partial charge is 0.390 e. The van der Waals surface area contributed by atoms with E-state index in [2.05, 4.69) is 41.8 Å². The first kappa shape index (κ1) is 7.24. The van der Waals surface area contributed by atoms with Gasteiger partial charge in [0, 0.05) is 0 Å². The van der Waals surface area contributed by atoms with Crippen molar-refractivity contribution in [2.75, 3.05) is 0 Å². The molecule has 1 rings (SSSR count). The van der Waals surface area contributed by atoms with Gasteiger partial charge in [-0.25, -0.2) is 4.98 Å². The van der Waals surface area contributed by atoms with Crippen LogP contribution in [0.15, 0.2) is 9.34 Å². The van der Waals surface area contributed by atoms with Crippen LogP contribution in [0, 0.1) is 0 Å². The van der Waals surface area contributed by atoms with Crippen LogP contribution in [0.1, 0.15) is 5.69 Å². The molecule has 0 fully saturated rings. The van der Waals surface area contributed by atoms with Crippen LogP contribution >= 0.6 is 31.9 Å². The molecule has 0 aromatic carbocycles. The number of hydrogen-bond acceptors (Lipinski definition) is 2. The predicted molar refractivity (Wildman–Crippen MR) is 39.9 cm³/mol. The number of aliphatic hydroxyl groups excluding tert-OH is 1. The standard InChI is InChI=1S/C4H4Br2N2O/c5-3-2(1-9)7-4(6)8-3/h9H,1H2,(H,7,8). The van der Waals surface area contributed by atoms with Crippen molar-refractivity contribution in [1.29, 1.82) is 0 Å². The number of aromatic nitrogens is 2. The summed E-state index contributed by atoms with van der Waals surface area (Å²) in [5.41, 5.74) is 0.682. The van der Waals surface area contributed by atoms with Gasteiger partial charge in [0.1, 0.15) is 4.60 Å². The smallest absolute Gasteiger partial charge is 0.175 e. The van der Waals surface area contributed by atoms with Crippen LogP contribution in [-0.4, -0.2) is 15.1 Å². The maximum Gasteiger partial charge on any atom is 0.175 e. The number of halogens is 2. The van der Waals surface area contributed by atoms with Crippen molar-refractivity contribution in [1.82, 2.24) is 9.97 Å². The first-order valence-corrected chi connectivity index (χ1v) is 3.83. The summed E-state index contributed by atoms with van der Waals surface area (Å²) in [6.45, 7) is -0.0286. The Morgan fingerprint density at radius 1 is 1.56 bits per heavy atom. The third-order valence-electron chi connectivity index (χ3n) is 0.857. The summed E-state index contributed by atoms with van der Waals surface area (Å²) >= 11 is 6.26. The van der Waals surface area contributed by atoms with Crippen LogP contribution in [-0.2, 0) is 6.61 Å². The van der Waals surface area contributed by atoms with Crippen LogP contribution in [0.3, 0.4) is 0 Å². The van der Waals surface area contributed by atoms with Gasteiger partial charge < -0.3 is 10.1 Å². The lowest BCUT2D eigenvalue weighted by Gasteiger charge is -1.85. The van der Waals surface area contributed by atoms with Crippen molar-refractivity contribution < 1.29 is 5.11 Å². The molecule has 50 valence electrons. The van der Waals surface area contributed by atoms with Crippen molar-refractivity contribution in [2.45, 2.75) is 6.61 Å². The number of aromatic amines is 1. The SMILES string of the molecule is OCc1[nH]c(Br)nc1Br. The second-order valence-electron chi connectivity index (χ2n) is 1.46. The van der Waals surface area contributed by atoms with E-state index in [4.69, 9.17) is 5.11 Å². The summed E-state index contributed by atoms with van der Waals surface area (Å²) in [4.78, 5) is 6.70. The van der Waals surface area contributed by atoms with E-state index in [0.29, 0.717) is 15.0 Å². The second-order valence-corrected chi connectivity index (χ2v) is 2.96. The van der Waals surface area contributed by atoms with Crippen LogP contribution in [0.4, 0.5) is 0 Å². The highest BCUT2D eigenvalue weighted by Crippen LogP contribution is 2.15. The Labute approximate surface area is 68.8 Å². The monoisotopic (exact) mass is 254 g/mol. The molecule has 0 aliphatic heterocycles. The average Bonchev–Trinajstić information content (AvgIpc) is 2.10. The number of hydrogen-bond donors (Lipinski definition) is 2. The Hall–Kier alpha value is 0.130. The maximum atomic E-state index is 8.61. The lowest BCUT2D eigenvalue weighted by Crippen LogP contribution is -1.81. The molecule has 0 spiro atoms. The van der Waals surface area contributed by atoms with E-state index in [1.807, 2.05) is 0 Å². The van der Waals surface area contributed by atoms with Gasteiger partial charge >= 0.3 is 0 Å². The van der Waals surface area contributed by atoms with Crippen LogP contribution < -0.4 is 0 Å².